The minimum atomic E-state index is -0.763. The van der Waals surface area contributed by atoms with Gasteiger partial charge in [0.25, 0.3) is 0 Å². The van der Waals surface area contributed by atoms with E-state index in [1.165, 1.54) is 17.5 Å². The summed E-state index contributed by atoms with van der Waals surface area (Å²) in [4.78, 5) is 25.0. The van der Waals surface area contributed by atoms with Gasteiger partial charge in [-0.1, -0.05) is 0 Å². The number of aryl methyl sites for hydroxylation is 2. The number of amides is 2. The Balaban J connectivity index is 1.64. The van der Waals surface area contributed by atoms with E-state index in [4.69, 9.17) is 5.11 Å². The van der Waals surface area contributed by atoms with Crippen molar-refractivity contribution in [1.82, 2.24) is 4.90 Å². The third kappa shape index (κ3) is 3.11. The second-order valence-electron chi connectivity index (χ2n) is 5.98. The van der Waals surface area contributed by atoms with Crippen LogP contribution >= 0.6 is 15.9 Å². The van der Waals surface area contributed by atoms with Crippen molar-refractivity contribution in [3.05, 3.63) is 27.7 Å². The first-order valence-electron chi connectivity index (χ1n) is 7.64. The van der Waals surface area contributed by atoms with E-state index < -0.39 is 5.97 Å². The first kappa shape index (κ1) is 15.3. The smallest absolute Gasteiger partial charge is 0.321 e. The van der Waals surface area contributed by atoms with Gasteiger partial charge in [-0.15, -0.1) is 0 Å². The number of piperidine rings is 1. The average molecular weight is 367 g/mol. The highest BCUT2D eigenvalue weighted by molar-refractivity contribution is 9.10. The molecule has 1 aromatic rings. The van der Waals surface area contributed by atoms with Crippen molar-refractivity contribution in [2.45, 2.75) is 32.1 Å². The number of hydrogen-bond acceptors (Lipinski definition) is 2. The molecule has 118 valence electrons. The standard InChI is InChI=1S/C16H19BrN2O3/c17-13-8-11-2-1-3-12(11)9-14(13)18-16(22)19-6-4-10(5-7-19)15(20)21/h8-10H,1-7H2,(H,18,22)(H,20,21). The number of benzene rings is 1. The monoisotopic (exact) mass is 366 g/mol. The van der Waals surface area contributed by atoms with Gasteiger partial charge in [0.2, 0.25) is 0 Å². The lowest BCUT2D eigenvalue weighted by atomic mass is 9.97. The number of carbonyl (C=O) groups excluding carboxylic acids is 1. The summed E-state index contributed by atoms with van der Waals surface area (Å²) in [6.07, 6.45) is 4.38. The maximum Gasteiger partial charge on any atom is 0.321 e. The lowest BCUT2D eigenvalue weighted by molar-refractivity contribution is -0.143. The van der Waals surface area contributed by atoms with Crippen LogP contribution in [0.15, 0.2) is 16.6 Å². The number of rotatable bonds is 2. The Morgan fingerprint density at radius 3 is 2.45 bits per heavy atom. The number of fused-ring (bicyclic) bond motifs is 1. The Bertz CT molecular complexity index is 610. The third-order valence-corrected chi connectivity index (χ3v) is 5.21. The Kier molecular flexibility index (Phi) is 4.38. The Morgan fingerprint density at radius 2 is 1.82 bits per heavy atom. The lowest BCUT2D eigenvalue weighted by Crippen LogP contribution is -2.42. The van der Waals surface area contributed by atoms with Crippen LogP contribution in [0.25, 0.3) is 0 Å². The van der Waals surface area contributed by atoms with Gasteiger partial charge in [0.05, 0.1) is 11.6 Å². The van der Waals surface area contributed by atoms with E-state index in [2.05, 4.69) is 27.3 Å². The molecule has 0 unspecified atom stereocenters. The maximum absolute atomic E-state index is 12.3. The SMILES string of the molecule is O=C(O)C1CCN(C(=O)Nc2cc3c(cc2Br)CCC3)CC1. The molecule has 2 aliphatic rings. The van der Waals surface area contributed by atoms with Gasteiger partial charge in [0, 0.05) is 17.6 Å². The largest absolute Gasteiger partial charge is 0.481 e. The molecule has 1 saturated heterocycles. The highest BCUT2D eigenvalue weighted by Gasteiger charge is 2.27. The van der Waals surface area contributed by atoms with E-state index in [1.807, 2.05) is 6.07 Å². The number of carbonyl (C=O) groups is 2. The fourth-order valence-electron chi connectivity index (χ4n) is 3.21. The van der Waals surface area contributed by atoms with E-state index in [9.17, 15) is 9.59 Å². The summed E-state index contributed by atoms with van der Waals surface area (Å²) in [6, 6.07) is 3.99. The van der Waals surface area contributed by atoms with Crippen LogP contribution in [0.2, 0.25) is 0 Å². The highest BCUT2D eigenvalue weighted by Crippen LogP contribution is 2.32. The molecule has 1 aromatic carbocycles. The number of nitrogens with one attached hydrogen (secondary N) is 1. The van der Waals surface area contributed by atoms with Crippen LogP contribution in [0.3, 0.4) is 0 Å². The number of anilines is 1. The Morgan fingerprint density at radius 1 is 1.18 bits per heavy atom. The third-order valence-electron chi connectivity index (χ3n) is 4.55. The van der Waals surface area contributed by atoms with Crippen LogP contribution in [0.5, 0.6) is 0 Å². The molecular formula is C16H19BrN2O3. The summed E-state index contributed by atoms with van der Waals surface area (Å²) in [5.74, 6) is -1.09. The number of carboxylic acid groups (broad SMARTS) is 1. The predicted molar refractivity (Wildman–Crippen MR) is 87.1 cm³/mol. The van der Waals surface area contributed by atoms with Gasteiger partial charge in [0.15, 0.2) is 0 Å². The molecule has 0 radical (unpaired) electrons. The van der Waals surface area contributed by atoms with Crippen LogP contribution in [0.4, 0.5) is 10.5 Å². The average Bonchev–Trinajstić information content (AvgIpc) is 2.94. The molecule has 0 bridgehead atoms. The van der Waals surface area contributed by atoms with Crippen molar-refractivity contribution in [2.75, 3.05) is 18.4 Å². The fourth-order valence-corrected chi connectivity index (χ4v) is 3.70. The molecule has 5 nitrogen and oxygen atoms in total. The molecule has 1 aliphatic carbocycles. The number of halogens is 1. The molecule has 1 aliphatic heterocycles. The quantitative estimate of drug-likeness (QED) is 0.843. The summed E-state index contributed by atoms with van der Waals surface area (Å²) in [7, 11) is 0. The Hall–Kier alpha value is -1.56. The van der Waals surface area contributed by atoms with Gasteiger partial charge in [-0.25, -0.2) is 4.79 Å². The van der Waals surface area contributed by atoms with Gasteiger partial charge in [-0.05, 0) is 71.3 Å². The van der Waals surface area contributed by atoms with Crippen molar-refractivity contribution in [3.63, 3.8) is 0 Å². The number of hydrogen-bond donors (Lipinski definition) is 2. The molecule has 2 N–H and O–H groups in total. The van der Waals surface area contributed by atoms with E-state index >= 15 is 0 Å². The van der Waals surface area contributed by atoms with Gasteiger partial charge in [0.1, 0.15) is 0 Å². The fraction of sp³-hybridized carbons (Fsp3) is 0.500. The number of carboxylic acids is 1. The molecule has 3 rings (SSSR count). The number of nitrogens with zero attached hydrogens (tertiary/aromatic N) is 1. The zero-order valence-electron chi connectivity index (χ0n) is 12.3. The van der Waals surface area contributed by atoms with Crippen LogP contribution in [-0.4, -0.2) is 35.1 Å². The van der Waals surface area contributed by atoms with Crippen LogP contribution < -0.4 is 5.32 Å². The van der Waals surface area contributed by atoms with E-state index in [0.29, 0.717) is 25.9 Å². The van der Waals surface area contributed by atoms with Gasteiger partial charge < -0.3 is 15.3 Å². The number of urea groups is 1. The van der Waals surface area contributed by atoms with Crippen molar-refractivity contribution >= 4 is 33.6 Å². The maximum atomic E-state index is 12.3. The zero-order chi connectivity index (χ0) is 15.7. The predicted octanol–water partition coefficient (Wildman–Crippen LogP) is 3.27. The molecule has 0 saturated carbocycles. The van der Waals surface area contributed by atoms with E-state index in [1.54, 1.807) is 4.90 Å². The summed E-state index contributed by atoms with van der Waals surface area (Å²) >= 11 is 3.52. The minimum absolute atomic E-state index is 0.150. The molecule has 6 heteroatoms. The number of likely N-dealkylation sites (tertiary alicyclic amines) is 1. The summed E-state index contributed by atoms with van der Waals surface area (Å²) in [6.45, 7) is 0.983. The molecule has 1 heterocycles. The zero-order valence-corrected chi connectivity index (χ0v) is 13.9. The Labute approximate surface area is 137 Å². The molecular weight excluding hydrogens is 348 g/mol. The second kappa shape index (κ2) is 6.28. The van der Waals surface area contributed by atoms with Crippen LogP contribution in [-0.2, 0) is 17.6 Å². The van der Waals surface area contributed by atoms with Gasteiger partial charge in [-0.2, -0.15) is 0 Å². The normalized spacial score (nSPS) is 18.1. The van der Waals surface area contributed by atoms with Crippen molar-refractivity contribution in [1.29, 1.82) is 0 Å². The van der Waals surface area contributed by atoms with Crippen molar-refractivity contribution in [2.24, 2.45) is 5.92 Å². The molecule has 0 spiro atoms. The second-order valence-corrected chi connectivity index (χ2v) is 6.84. The van der Waals surface area contributed by atoms with Crippen LogP contribution in [0, 0.1) is 5.92 Å². The number of aliphatic carboxylic acids is 1. The topological polar surface area (TPSA) is 69.6 Å². The van der Waals surface area contributed by atoms with Crippen LogP contribution in [0.1, 0.15) is 30.4 Å². The molecule has 0 aromatic heterocycles. The molecule has 22 heavy (non-hydrogen) atoms. The first-order valence-corrected chi connectivity index (χ1v) is 8.44. The lowest BCUT2D eigenvalue weighted by Gasteiger charge is -2.30. The van der Waals surface area contributed by atoms with E-state index in [0.717, 1.165) is 23.0 Å². The summed E-state index contributed by atoms with van der Waals surface area (Å²) < 4.78 is 0.905. The van der Waals surface area contributed by atoms with Crippen molar-refractivity contribution < 1.29 is 14.7 Å². The van der Waals surface area contributed by atoms with E-state index in [-0.39, 0.29) is 11.9 Å². The summed E-state index contributed by atoms with van der Waals surface area (Å²) in [5.41, 5.74) is 3.46. The molecule has 2 amide bonds. The molecule has 0 atom stereocenters. The minimum Gasteiger partial charge on any atom is -0.481 e. The van der Waals surface area contributed by atoms with Gasteiger partial charge in [-0.3, -0.25) is 4.79 Å². The van der Waals surface area contributed by atoms with Crippen molar-refractivity contribution in [3.8, 4) is 0 Å². The summed E-state index contributed by atoms with van der Waals surface area (Å²) in [5, 5.41) is 11.9. The van der Waals surface area contributed by atoms with Gasteiger partial charge >= 0.3 is 12.0 Å². The molecule has 1 fully saturated rings. The first-order chi connectivity index (χ1) is 10.5. The highest BCUT2D eigenvalue weighted by atomic mass is 79.9.